The van der Waals surface area contributed by atoms with Gasteiger partial charge < -0.3 is 19.6 Å². The number of carbonyl (C=O) groups excluding carboxylic acids is 1. The molecule has 1 aromatic carbocycles. The highest BCUT2D eigenvalue weighted by atomic mass is 16.5. The Morgan fingerprint density at radius 3 is 2.85 bits per heavy atom. The predicted octanol–water partition coefficient (Wildman–Crippen LogP) is 1.87. The number of furan rings is 1. The normalized spacial score (nSPS) is 11.6. The number of hydrogen-bond acceptors (Lipinski definition) is 4. The van der Waals surface area contributed by atoms with Gasteiger partial charge in [-0.15, -0.1) is 0 Å². The van der Waals surface area contributed by atoms with Gasteiger partial charge in [0.25, 0.3) is 0 Å². The van der Waals surface area contributed by atoms with Crippen LogP contribution in [0.3, 0.4) is 0 Å². The fraction of sp³-hybridized carbons (Fsp3) is 0.400. The lowest BCUT2D eigenvalue weighted by Gasteiger charge is -2.23. The van der Waals surface area contributed by atoms with E-state index in [0.29, 0.717) is 0 Å². The van der Waals surface area contributed by atoms with Gasteiger partial charge in [0.2, 0.25) is 5.91 Å². The molecular weight excluding hydrogens is 258 g/mol. The zero-order valence-corrected chi connectivity index (χ0v) is 11.9. The Morgan fingerprint density at radius 1 is 1.45 bits per heavy atom. The summed E-state index contributed by atoms with van der Waals surface area (Å²) in [4.78, 5) is 12.0. The highest BCUT2D eigenvalue weighted by Crippen LogP contribution is 2.26. The molecule has 1 heterocycles. The molecule has 0 fully saturated rings. The minimum atomic E-state index is -0.631. The second kappa shape index (κ2) is 5.54. The van der Waals surface area contributed by atoms with Crippen LogP contribution in [0, 0.1) is 0 Å². The van der Waals surface area contributed by atoms with Crippen LogP contribution in [0.2, 0.25) is 0 Å². The van der Waals surface area contributed by atoms with E-state index in [4.69, 9.17) is 14.3 Å². The number of hydrogen-bond donors (Lipinski definition) is 2. The lowest BCUT2D eigenvalue weighted by Crippen LogP contribution is -2.46. The number of rotatable bonds is 5. The SMILES string of the molecule is COc1ccc2occ(CC(=O)NC(C)(C)CO)c2c1. The summed E-state index contributed by atoms with van der Waals surface area (Å²) in [7, 11) is 1.59. The van der Waals surface area contributed by atoms with Gasteiger partial charge >= 0.3 is 0 Å². The van der Waals surface area contributed by atoms with E-state index in [2.05, 4.69) is 5.32 Å². The van der Waals surface area contributed by atoms with Crippen molar-refractivity contribution >= 4 is 16.9 Å². The lowest BCUT2D eigenvalue weighted by atomic mass is 10.1. The lowest BCUT2D eigenvalue weighted by molar-refractivity contribution is -0.122. The minimum absolute atomic E-state index is 0.112. The molecule has 2 rings (SSSR count). The topological polar surface area (TPSA) is 71.7 Å². The van der Waals surface area contributed by atoms with Gasteiger partial charge in [0.15, 0.2) is 0 Å². The quantitative estimate of drug-likeness (QED) is 0.875. The van der Waals surface area contributed by atoms with Crippen LogP contribution in [-0.4, -0.2) is 30.3 Å². The maximum atomic E-state index is 12.0. The number of methoxy groups -OCH3 is 1. The molecule has 0 saturated heterocycles. The number of amides is 1. The van der Waals surface area contributed by atoms with Crippen molar-refractivity contribution < 1.29 is 19.1 Å². The first-order valence-electron chi connectivity index (χ1n) is 6.41. The molecule has 0 aliphatic rings. The van der Waals surface area contributed by atoms with Gasteiger partial charge in [-0.2, -0.15) is 0 Å². The first-order chi connectivity index (χ1) is 9.45. The van der Waals surface area contributed by atoms with Crippen molar-refractivity contribution in [3.63, 3.8) is 0 Å². The Kier molecular flexibility index (Phi) is 3.99. The first kappa shape index (κ1) is 14.4. The minimum Gasteiger partial charge on any atom is -0.497 e. The van der Waals surface area contributed by atoms with Crippen molar-refractivity contribution in [2.45, 2.75) is 25.8 Å². The molecule has 5 heteroatoms. The third-order valence-electron chi connectivity index (χ3n) is 3.08. The smallest absolute Gasteiger partial charge is 0.225 e. The molecule has 0 unspecified atom stereocenters. The fourth-order valence-electron chi connectivity index (χ4n) is 1.96. The third kappa shape index (κ3) is 3.11. The Bertz CT molecular complexity index is 615. The molecule has 0 aliphatic carbocycles. The Hall–Kier alpha value is -2.01. The summed E-state index contributed by atoms with van der Waals surface area (Å²) in [5.41, 5.74) is 0.883. The monoisotopic (exact) mass is 277 g/mol. The van der Waals surface area contributed by atoms with Crippen molar-refractivity contribution in [2.24, 2.45) is 0 Å². The average molecular weight is 277 g/mol. The summed E-state index contributed by atoms with van der Waals surface area (Å²) in [6, 6.07) is 5.47. The number of aliphatic hydroxyl groups is 1. The summed E-state index contributed by atoms with van der Waals surface area (Å²) >= 11 is 0. The average Bonchev–Trinajstić information content (AvgIpc) is 2.80. The molecule has 0 saturated carbocycles. The molecule has 5 nitrogen and oxygen atoms in total. The molecule has 2 N–H and O–H groups in total. The molecule has 0 radical (unpaired) electrons. The summed E-state index contributed by atoms with van der Waals surface area (Å²) in [6.07, 6.45) is 1.78. The molecule has 0 atom stereocenters. The van der Waals surface area contributed by atoms with Gasteiger partial charge in [0, 0.05) is 10.9 Å². The van der Waals surface area contributed by atoms with Gasteiger partial charge in [-0.25, -0.2) is 0 Å². The number of fused-ring (bicyclic) bond motifs is 1. The largest absolute Gasteiger partial charge is 0.497 e. The molecule has 1 aromatic heterocycles. The highest BCUT2D eigenvalue weighted by molar-refractivity contribution is 5.88. The molecule has 108 valence electrons. The van der Waals surface area contributed by atoms with E-state index in [-0.39, 0.29) is 18.9 Å². The van der Waals surface area contributed by atoms with E-state index in [0.717, 1.165) is 22.3 Å². The second-order valence-corrected chi connectivity index (χ2v) is 5.39. The van der Waals surface area contributed by atoms with Crippen LogP contribution in [0.25, 0.3) is 11.0 Å². The zero-order chi connectivity index (χ0) is 14.8. The van der Waals surface area contributed by atoms with Gasteiger partial charge in [-0.1, -0.05) is 0 Å². The van der Waals surface area contributed by atoms with E-state index in [1.807, 2.05) is 18.2 Å². The standard InChI is InChI=1S/C15H19NO4/c1-15(2,9-17)16-14(18)6-10-8-20-13-5-4-11(19-3)7-12(10)13/h4-5,7-8,17H,6,9H2,1-3H3,(H,16,18). The van der Waals surface area contributed by atoms with Crippen LogP contribution in [0.1, 0.15) is 19.4 Å². The predicted molar refractivity (Wildman–Crippen MR) is 75.8 cm³/mol. The molecule has 0 bridgehead atoms. The third-order valence-corrected chi connectivity index (χ3v) is 3.08. The molecule has 0 aliphatic heterocycles. The van der Waals surface area contributed by atoms with Gasteiger partial charge in [0.05, 0.1) is 31.9 Å². The van der Waals surface area contributed by atoms with Crippen molar-refractivity contribution in [3.8, 4) is 5.75 Å². The van der Waals surface area contributed by atoms with Gasteiger partial charge in [-0.3, -0.25) is 4.79 Å². The van der Waals surface area contributed by atoms with Crippen molar-refractivity contribution in [3.05, 3.63) is 30.0 Å². The molecule has 2 aromatic rings. The highest BCUT2D eigenvalue weighted by Gasteiger charge is 2.20. The number of aliphatic hydroxyl groups excluding tert-OH is 1. The van der Waals surface area contributed by atoms with Crippen LogP contribution in [0.4, 0.5) is 0 Å². The van der Waals surface area contributed by atoms with Crippen LogP contribution in [-0.2, 0) is 11.2 Å². The summed E-state index contributed by atoms with van der Waals surface area (Å²) in [5, 5.41) is 12.8. The second-order valence-electron chi connectivity index (χ2n) is 5.39. The Labute approximate surface area is 117 Å². The van der Waals surface area contributed by atoms with E-state index < -0.39 is 5.54 Å². The van der Waals surface area contributed by atoms with Crippen molar-refractivity contribution in [1.29, 1.82) is 0 Å². The van der Waals surface area contributed by atoms with Crippen LogP contribution >= 0.6 is 0 Å². The summed E-state index contributed by atoms with van der Waals surface area (Å²) in [6.45, 7) is 3.42. The van der Waals surface area contributed by atoms with Crippen molar-refractivity contribution in [2.75, 3.05) is 13.7 Å². The number of benzene rings is 1. The van der Waals surface area contributed by atoms with Crippen LogP contribution in [0.15, 0.2) is 28.9 Å². The first-order valence-corrected chi connectivity index (χ1v) is 6.41. The zero-order valence-electron chi connectivity index (χ0n) is 11.9. The van der Waals surface area contributed by atoms with Crippen molar-refractivity contribution in [1.82, 2.24) is 5.32 Å². The fourth-order valence-corrected chi connectivity index (χ4v) is 1.96. The summed E-state index contributed by atoms with van der Waals surface area (Å²) in [5.74, 6) is 0.561. The summed E-state index contributed by atoms with van der Waals surface area (Å²) < 4.78 is 10.6. The maximum absolute atomic E-state index is 12.0. The number of nitrogens with one attached hydrogen (secondary N) is 1. The Morgan fingerprint density at radius 2 is 2.20 bits per heavy atom. The molecule has 0 spiro atoms. The number of carbonyl (C=O) groups is 1. The van der Waals surface area contributed by atoms with E-state index in [1.54, 1.807) is 27.2 Å². The van der Waals surface area contributed by atoms with Crippen LogP contribution in [0.5, 0.6) is 5.75 Å². The number of ether oxygens (including phenoxy) is 1. The maximum Gasteiger partial charge on any atom is 0.225 e. The molecule has 20 heavy (non-hydrogen) atoms. The van der Waals surface area contributed by atoms with E-state index >= 15 is 0 Å². The molecular formula is C15H19NO4. The van der Waals surface area contributed by atoms with E-state index in [9.17, 15) is 4.79 Å². The van der Waals surface area contributed by atoms with Gasteiger partial charge in [0.1, 0.15) is 11.3 Å². The molecule has 1 amide bonds. The van der Waals surface area contributed by atoms with Crippen LogP contribution < -0.4 is 10.1 Å². The van der Waals surface area contributed by atoms with E-state index in [1.165, 1.54) is 0 Å². The Balaban J connectivity index is 2.19. The van der Waals surface area contributed by atoms with Gasteiger partial charge in [-0.05, 0) is 32.0 Å².